The quantitative estimate of drug-likeness (QED) is 0.258. The fourth-order valence-electron chi connectivity index (χ4n) is 3.37. The minimum absolute atomic E-state index is 0.0575. The molecule has 4 aromatic heterocycles. The molecule has 1 atom stereocenters. The van der Waals surface area contributed by atoms with E-state index in [0.29, 0.717) is 28.3 Å². The lowest BCUT2D eigenvalue weighted by Gasteiger charge is -2.14. The van der Waals surface area contributed by atoms with E-state index in [2.05, 4.69) is 11.6 Å². The van der Waals surface area contributed by atoms with Gasteiger partial charge in [0.05, 0.1) is 16.0 Å². The van der Waals surface area contributed by atoms with Gasteiger partial charge in [-0.3, -0.25) is 14.2 Å². The number of hydrogen-bond acceptors (Lipinski definition) is 7. The van der Waals surface area contributed by atoms with Crippen LogP contribution < -0.4 is 11.1 Å². The third-order valence-corrected chi connectivity index (χ3v) is 8.59. The van der Waals surface area contributed by atoms with E-state index < -0.39 is 0 Å². The maximum Gasteiger partial charge on any atom is 0.263 e. The van der Waals surface area contributed by atoms with Crippen molar-refractivity contribution in [2.45, 2.75) is 51.6 Å². The summed E-state index contributed by atoms with van der Waals surface area (Å²) in [5, 5.41) is 1.75. The highest BCUT2D eigenvalue weighted by Gasteiger charge is 2.21. The summed E-state index contributed by atoms with van der Waals surface area (Å²) < 4.78 is 1.64. The fraction of sp³-hybridized carbons (Fsp3) is 0.333. The number of hydrogen-bond donors (Lipinski definition) is 1. The zero-order valence-electron chi connectivity index (χ0n) is 17.5. The molecule has 0 aliphatic heterocycles. The van der Waals surface area contributed by atoms with E-state index in [9.17, 15) is 9.59 Å². The number of allylic oxidation sites excluding steroid dienone is 1. The fourth-order valence-corrected chi connectivity index (χ4v) is 6.45. The lowest BCUT2D eigenvalue weighted by molar-refractivity contribution is 0.670. The smallest absolute Gasteiger partial charge is 0.263 e. The first-order chi connectivity index (χ1) is 14.2. The van der Waals surface area contributed by atoms with Gasteiger partial charge in [0.2, 0.25) is 0 Å². The van der Waals surface area contributed by atoms with Crippen LogP contribution in [-0.4, -0.2) is 19.5 Å². The molecule has 0 radical (unpaired) electrons. The van der Waals surface area contributed by atoms with Crippen LogP contribution in [0.2, 0.25) is 0 Å². The van der Waals surface area contributed by atoms with Gasteiger partial charge in [-0.05, 0) is 45.7 Å². The summed E-state index contributed by atoms with van der Waals surface area (Å²) in [6, 6.07) is 0. The van der Waals surface area contributed by atoms with Crippen molar-refractivity contribution in [3.8, 4) is 0 Å². The van der Waals surface area contributed by atoms with Crippen LogP contribution in [0.3, 0.4) is 0 Å². The lowest BCUT2D eigenvalue weighted by Crippen LogP contribution is -2.23. The molecule has 0 saturated carbocycles. The minimum atomic E-state index is -0.188. The highest BCUT2D eigenvalue weighted by atomic mass is 32.2. The van der Waals surface area contributed by atoms with Crippen molar-refractivity contribution in [3.63, 3.8) is 0 Å². The third-order valence-electron chi connectivity index (χ3n) is 5.29. The van der Waals surface area contributed by atoms with Gasteiger partial charge in [-0.1, -0.05) is 17.8 Å². The van der Waals surface area contributed by atoms with Gasteiger partial charge in [-0.25, -0.2) is 9.97 Å². The number of H-pyrrole nitrogens is 1. The molecule has 0 saturated heterocycles. The predicted molar refractivity (Wildman–Crippen MR) is 128 cm³/mol. The standard InChI is InChI=1S/C21H22N4O2S3/c1-7-8-25-20(27)15-10(3)12(5)29-19(15)24-21(25)30-13(6)16-22-17(26)14-9(2)11(4)28-18(14)23-16/h7,13H,1,8H2,2-6H3,(H,22,23,26). The maximum atomic E-state index is 13.2. The molecular weight excluding hydrogens is 436 g/mol. The molecule has 9 heteroatoms. The summed E-state index contributed by atoms with van der Waals surface area (Å²) in [5.41, 5.74) is 1.78. The summed E-state index contributed by atoms with van der Waals surface area (Å²) in [5.74, 6) is 0.580. The Kier molecular flexibility index (Phi) is 5.46. The van der Waals surface area contributed by atoms with Crippen molar-refractivity contribution in [3.05, 3.63) is 60.1 Å². The van der Waals surface area contributed by atoms with E-state index in [-0.39, 0.29) is 16.4 Å². The second kappa shape index (κ2) is 7.79. The molecule has 30 heavy (non-hydrogen) atoms. The molecule has 0 aliphatic carbocycles. The summed E-state index contributed by atoms with van der Waals surface area (Å²) in [6.07, 6.45) is 1.70. The van der Waals surface area contributed by atoms with Gasteiger partial charge in [-0.15, -0.1) is 29.3 Å². The van der Waals surface area contributed by atoms with Crippen molar-refractivity contribution >= 4 is 54.9 Å². The monoisotopic (exact) mass is 458 g/mol. The molecule has 6 nitrogen and oxygen atoms in total. The number of fused-ring (bicyclic) bond motifs is 2. The Hall–Kier alpha value is -2.23. The molecule has 0 spiro atoms. The third kappa shape index (κ3) is 3.34. The Balaban J connectivity index is 1.81. The number of nitrogens with zero attached hydrogens (tertiary/aromatic N) is 3. The summed E-state index contributed by atoms with van der Waals surface area (Å²) in [7, 11) is 0. The number of thioether (sulfide) groups is 1. The predicted octanol–water partition coefficient (Wildman–Crippen LogP) is 5.03. The van der Waals surface area contributed by atoms with Crippen LogP contribution in [-0.2, 0) is 6.54 Å². The molecule has 4 aromatic rings. The van der Waals surface area contributed by atoms with E-state index in [1.165, 1.54) is 34.4 Å². The van der Waals surface area contributed by atoms with Gasteiger partial charge in [0.15, 0.2) is 5.16 Å². The van der Waals surface area contributed by atoms with Gasteiger partial charge >= 0.3 is 0 Å². The van der Waals surface area contributed by atoms with Crippen molar-refractivity contribution in [2.75, 3.05) is 0 Å². The first-order valence-electron chi connectivity index (χ1n) is 9.50. The molecule has 4 heterocycles. The van der Waals surface area contributed by atoms with Crippen molar-refractivity contribution < 1.29 is 0 Å². The van der Waals surface area contributed by atoms with Crippen molar-refractivity contribution in [1.82, 2.24) is 19.5 Å². The van der Waals surface area contributed by atoms with Gasteiger partial charge in [-0.2, -0.15) is 0 Å². The zero-order valence-corrected chi connectivity index (χ0v) is 19.9. The Morgan fingerprint density at radius 2 is 1.67 bits per heavy atom. The van der Waals surface area contributed by atoms with Crippen molar-refractivity contribution in [1.29, 1.82) is 0 Å². The zero-order chi connectivity index (χ0) is 21.7. The van der Waals surface area contributed by atoms with Gasteiger partial charge < -0.3 is 4.98 Å². The summed E-state index contributed by atoms with van der Waals surface area (Å²) in [6.45, 7) is 14.0. The van der Waals surface area contributed by atoms with E-state index in [1.807, 2.05) is 34.6 Å². The van der Waals surface area contributed by atoms with Gasteiger partial charge in [0.25, 0.3) is 11.1 Å². The molecular formula is C21H22N4O2S3. The normalized spacial score (nSPS) is 12.7. The molecule has 0 aliphatic rings. The molecule has 1 N–H and O–H groups in total. The SMILES string of the molecule is C=CCn1c(SC(C)c2nc3sc(C)c(C)c3c(=O)[nH]2)nc2sc(C)c(C)c2c1=O. The molecule has 4 rings (SSSR count). The van der Waals surface area contributed by atoms with Gasteiger partial charge in [0.1, 0.15) is 15.5 Å². The summed E-state index contributed by atoms with van der Waals surface area (Å²) >= 11 is 4.48. The van der Waals surface area contributed by atoms with Gasteiger partial charge in [0, 0.05) is 16.3 Å². The maximum absolute atomic E-state index is 13.2. The lowest BCUT2D eigenvalue weighted by atomic mass is 10.2. The van der Waals surface area contributed by atoms with E-state index in [0.717, 1.165) is 30.5 Å². The number of aromatic amines is 1. The highest BCUT2D eigenvalue weighted by molar-refractivity contribution is 7.99. The number of thiophene rings is 2. The van der Waals surface area contributed by atoms with Crippen LogP contribution in [0.15, 0.2) is 27.4 Å². The first-order valence-corrected chi connectivity index (χ1v) is 12.0. The molecule has 0 bridgehead atoms. The molecule has 0 amide bonds. The molecule has 1 unspecified atom stereocenters. The van der Waals surface area contributed by atoms with Crippen molar-refractivity contribution in [2.24, 2.45) is 0 Å². The minimum Gasteiger partial charge on any atom is -0.309 e. The number of nitrogens with one attached hydrogen (secondary N) is 1. The van der Waals surface area contributed by atoms with Crippen LogP contribution in [0.1, 0.15) is 38.9 Å². The Labute approximate surface area is 185 Å². The van der Waals surface area contributed by atoms with Crippen LogP contribution in [0.25, 0.3) is 20.4 Å². The largest absolute Gasteiger partial charge is 0.309 e. The van der Waals surface area contributed by atoms with Crippen LogP contribution >= 0.6 is 34.4 Å². The molecule has 156 valence electrons. The first kappa shape index (κ1) is 21.0. The second-order valence-electron chi connectivity index (χ2n) is 7.24. The van der Waals surface area contributed by atoms with Crippen LogP contribution in [0.5, 0.6) is 0 Å². The van der Waals surface area contributed by atoms with Crippen LogP contribution in [0.4, 0.5) is 0 Å². The number of aryl methyl sites for hydroxylation is 4. The highest BCUT2D eigenvalue weighted by Crippen LogP contribution is 2.35. The van der Waals surface area contributed by atoms with E-state index in [4.69, 9.17) is 9.97 Å². The van der Waals surface area contributed by atoms with E-state index in [1.54, 1.807) is 10.6 Å². The number of aromatic nitrogens is 4. The van der Waals surface area contributed by atoms with Crippen LogP contribution in [0, 0.1) is 27.7 Å². The topological polar surface area (TPSA) is 80.6 Å². The molecule has 0 fully saturated rings. The Morgan fingerprint density at radius 1 is 1.07 bits per heavy atom. The average molecular weight is 459 g/mol. The second-order valence-corrected chi connectivity index (χ2v) is 11.0. The summed E-state index contributed by atoms with van der Waals surface area (Å²) in [4.78, 5) is 41.9. The average Bonchev–Trinajstić information content (AvgIpc) is 3.14. The Morgan fingerprint density at radius 3 is 2.30 bits per heavy atom. The van der Waals surface area contributed by atoms with E-state index >= 15 is 0 Å². The number of rotatable bonds is 5. The Bertz CT molecular complexity index is 1420. The molecule has 0 aromatic carbocycles.